The minimum Gasteiger partial charge on any atom is -0.394 e. The number of nitrogens with zero attached hydrogens (tertiary/aromatic N) is 1. The van der Waals surface area contributed by atoms with Crippen molar-refractivity contribution in [1.29, 1.82) is 0 Å². The number of aliphatic hydroxyl groups excluding tert-OH is 5. The molecule has 0 saturated carbocycles. The molecule has 1 aliphatic heterocycles. The highest BCUT2D eigenvalue weighted by molar-refractivity contribution is 5.78. The Balaban J connectivity index is 2.67. The van der Waals surface area contributed by atoms with Crippen LogP contribution in [0.5, 0.6) is 0 Å². The van der Waals surface area contributed by atoms with Crippen molar-refractivity contribution < 1.29 is 35.1 Å². The molecule has 0 bridgehead atoms. The fraction of sp³-hybridized carbons (Fsp3) is 0.933. The van der Waals surface area contributed by atoms with E-state index in [0.717, 1.165) is 70.6 Å². The molecule has 1 aliphatic rings. The number of carbonyl (C=O) groups is 1. The average molecular weight is 754 g/mol. The van der Waals surface area contributed by atoms with Crippen LogP contribution in [-0.2, 0) is 9.53 Å². The van der Waals surface area contributed by atoms with E-state index in [0.29, 0.717) is 6.54 Å². The van der Waals surface area contributed by atoms with Crippen LogP contribution in [0.25, 0.3) is 0 Å². The summed E-state index contributed by atoms with van der Waals surface area (Å²) in [5.41, 5.74) is 0. The molecule has 1 saturated heterocycles. The molecule has 5 N–H and O–H groups in total. The van der Waals surface area contributed by atoms with Crippen LogP contribution in [-0.4, -0.2) is 92.7 Å². The van der Waals surface area contributed by atoms with E-state index in [9.17, 15) is 30.3 Å². The Morgan fingerprint density at radius 2 is 1.02 bits per heavy atom. The molecule has 7 atom stereocenters. The second-order valence-corrected chi connectivity index (χ2v) is 16.3. The van der Waals surface area contributed by atoms with E-state index in [1.165, 1.54) is 109 Å². The molecule has 0 aromatic carbocycles. The molecule has 0 aliphatic carbocycles. The van der Waals surface area contributed by atoms with Gasteiger partial charge in [0.25, 0.3) is 0 Å². The van der Waals surface area contributed by atoms with E-state index in [1.54, 1.807) is 0 Å². The van der Waals surface area contributed by atoms with Gasteiger partial charge >= 0.3 is 0 Å². The molecule has 1 amide bonds. The molecule has 2 unspecified atom stereocenters. The quantitative estimate of drug-likeness (QED) is 0.0318. The standard InChI is InChI=1S/C45H87NO7/c1-4-7-10-12-14-16-18-20-21-23-25-27-29-31-34-46(36-39(48)35-40-42(49)44(51)43(50)41(37-47)53-40)45(52)38(32-9-6-3)33-30-28-26-24-22-19-17-15-13-11-8-5-2/h21,23,38-44,47-51H,4-20,22,24-37H2,1-3H3/t38?,39?,40-,41+,42-,43+,44+/m0/s1. The van der Waals surface area contributed by atoms with Crippen LogP contribution >= 0.6 is 0 Å². The molecule has 314 valence electrons. The maximum atomic E-state index is 14.1. The first-order valence-corrected chi connectivity index (χ1v) is 22.7. The fourth-order valence-corrected chi connectivity index (χ4v) is 7.79. The fourth-order valence-electron chi connectivity index (χ4n) is 7.79. The SMILES string of the molecule is CCCCCCCCCC=CCCCCCN(CC(O)C[C@@H]1O[C@H](CO)[C@@H](O)[C@H](O)[C@H]1O)C(=O)C(CCCC)CCCCCCCCCCCCCC. The minimum atomic E-state index is -1.48. The third-order valence-corrected chi connectivity index (χ3v) is 11.3. The summed E-state index contributed by atoms with van der Waals surface area (Å²) in [4.78, 5) is 16.0. The van der Waals surface area contributed by atoms with Crippen LogP contribution < -0.4 is 0 Å². The Labute approximate surface area is 326 Å². The predicted molar refractivity (Wildman–Crippen MR) is 220 cm³/mol. The summed E-state index contributed by atoms with van der Waals surface area (Å²) < 4.78 is 5.68. The Morgan fingerprint density at radius 1 is 0.585 bits per heavy atom. The van der Waals surface area contributed by atoms with Crippen LogP contribution in [0.1, 0.15) is 207 Å². The second kappa shape index (κ2) is 34.2. The number of hydrogen-bond acceptors (Lipinski definition) is 7. The number of carbonyl (C=O) groups excluding carboxylic acids is 1. The monoisotopic (exact) mass is 754 g/mol. The number of ether oxygens (including phenoxy) is 1. The first-order chi connectivity index (χ1) is 25.8. The molecule has 0 aromatic rings. The smallest absolute Gasteiger partial charge is 0.225 e. The normalized spacial score (nSPS) is 21.7. The van der Waals surface area contributed by atoms with Gasteiger partial charge in [0.2, 0.25) is 5.91 Å². The van der Waals surface area contributed by atoms with Gasteiger partial charge in [-0.1, -0.05) is 168 Å². The van der Waals surface area contributed by atoms with Crippen molar-refractivity contribution in [3.05, 3.63) is 12.2 Å². The number of rotatable bonds is 36. The topological polar surface area (TPSA) is 131 Å². The van der Waals surface area contributed by atoms with Gasteiger partial charge in [-0.3, -0.25) is 4.79 Å². The van der Waals surface area contributed by atoms with Crippen LogP contribution in [0.2, 0.25) is 0 Å². The summed E-state index contributed by atoms with van der Waals surface area (Å²) in [6, 6.07) is 0. The van der Waals surface area contributed by atoms with Crippen LogP contribution in [0.3, 0.4) is 0 Å². The number of aliphatic hydroxyl groups is 5. The Hall–Kier alpha value is -1.03. The van der Waals surface area contributed by atoms with Gasteiger partial charge in [0.1, 0.15) is 24.4 Å². The lowest BCUT2D eigenvalue weighted by molar-refractivity contribution is -0.234. The van der Waals surface area contributed by atoms with Crippen molar-refractivity contribution in [2.75, 3.05) is 19.7 Å². The third-order valence-electron chi connectivity index (χ3n) is 11.3. The van der Waals surface area contributed by atoms with Gasteiger partial charge in [0, 0.05) is 25.4 Å². The summed E-state index contributed by atoms with van der Waals surface area (Å²) in [6.45, 7) is 6.89. The van der Waals surface area contributed by atoms with Crippen molar-refractivity contribution in [1.82, 2.24) is 4.90 Å². The van der Waals surface area contributed by atoms with E-state index in [4.69, 9.17) is 4.74 Å². The number of unbranched alkanes of at least 4 members (excludes halogenated alkanes) is 22. The highest BCUT2D eigenvalue weighted by Crippen LogP contribution is 2.26. The molecule has 0 aromatic heterocycles. The number of amides is 1. The lowest BCUT2D eigenvalue weighted by Gasteiger charge is -2.41. The van der Waals surface area contributed by atoms with E-state index >= 15 is 0 Å². The van der Waals surface area contributed by atoms with Crippen LogP contribution in [0.4, 0.5) is 0 Å². The van der Waals surface area contributed by atoms with Crippen LogP contribution in [0, 0.1) is 5.92 Å². The first kappa shape index (κ1) is 50.0. The molecule has 0 spiro atoms. The van der Waals surface area contributed by atoms with Gasteiger partial charge in [-0.2, -0.15) is 0 Å². The molecule has 1 rings (SSSR count). The summed E-state index contributed by atoms with van der Waals surface area (Å²) in [5.74, 6) is 0.0519. The Kier molecular flexibility index (Phi) is 32.3. The zero-order valence-electron chi connectivity index (χ0n) is 34.8. The van der Waals surface area contributed by atoms with Gasteiger partial charge in [-0.25, -0.2) is 0 Å². The van der Waals surface area contributed by atoms with E-state index in [2.05, 4.69) is 32.9 Å². The van der Waals surface area contributed by atoms with Gasteiger partial charge in [-0.15, -0.1) is 0 Å². The van der Waals surface area contributed by atoms with Gasteiger partial charge in [0.15, 0.2) is 0 Å². The van der Waals surface area contributed by atoms with E-state index in [1.807, 2.05) is 4.90 Å². The molecule has 0 radical (unpaired) electrons. The number of hydrogen-bond donors (Lipinski definition) is 5. The maximum absolute atomic E-state index is 14.1. The van der Waals surface area contributed by atoms with E-state index < -0.39 is 43.2 Å². The van der Waals surface area contributed by atoms with Crippen molar-refractivity contribution in [3.8, 4) is 0 Å². The highest BCUT2D eigenvalue weighted by atomic mass is 16.5. The largest absolute Gasteiger partial charge is 0.394 e. The van der Waals surface area contributed by atoms with Crippen molar-refractivity contribution in [2.24, 2.45) is 5.92 Å². The summed E-state index contributed by atoms with van der Waals surface area (Å²) in [6.07, 6.45) is 31.0. The molecule has 8 nitrogen and oxygen atoms in total. The molecule has 1 heterocycles. The molecular formula is C45H87NO7. The molecule has 8 heteroatoms. The minimum absolute atomic E-state index is 0.00682. The third kappa shape index (κ3) is 24.3. The first-order valence-electron chi connectivity index (χ1n) is 22.7. The van der Waals surface area contributed by atoms with Crippen molar-refractivity contribution in [3.63, 3.8) is 0 Å². The van der Waals surface area contributed by atoms with E-state index in [-0.39, 0.29) is 24.8 Å². The van der Waals surface area contributed by atoms with Gasteiger partial charge in [0.05, 0.1) is 18.8 Å². The predicted octanol–water partition coefficient (Wildman–Crippen LogP) is 9.56. The lowest BCUT2D eigenvalue weighted by Crippen LogP contribution is -2.59. The average Bonchev–Trinajstić information content (AvgIpc) is 3.16. The summed E-state index contributed by atoms with van der Waals surface area (Å²) in [5, 5.41) is 51.8. The summed E-state index contributed by atoms with van der Waals surface area (Å²) >= 11 is 0. The molecular weight excluding hydrogens is 666 g/mol. The van der Waals surface area contributed by atoms with Crippen LogP contribution in [0.15, 0.2) is 12.2 Å². The summed E-state index contributed by atoms with van der Waals surface area (Å²) in [7, 11) is 0. The zero-order chi connectivity index (χ0) is 38.9. The molecule has 53 heavy (non-hydrogen) atoms. The Morgan fingerprint density at radius 3 is 1.53 bits per heavy atom. The second-order valence-electron chi connectivity index (χ2n) is 16.3. The van der Waals surface area contributed by atoms with Gasteiger partial charge < -0.3 is 35.2 Å². The number of allylic oxidation sites excluding steroid dienone is 2. The van der Waals surface area contributed by atoms with Crippen molar-refractivity contribution in [2.45, 2.75) is 244 Å². The maximum Gasteiger partial charge on any atom is 0.225 e. The lowest BCUT2D eigenvalue weighted by atomic mass is 9.91. The zero-order valence-corrected chi connectivity index (χ0v) is 34.8. The van der Waals surface area contributed by atoms with Crippen molar-refractivity contribution >= 4 is 5.91 Å². The Bertz CT molecular complexity index is 855. The van der Waals surface area contributed by atoms with Gasteiger partial charge in [-0.05, 0) is 44.9 Å². The molecule has 1 fully saturated rings. The highest BCUT2D eigenvalue weighted by Gasteiger charge is 2.44.